The van der Waals surface area contributed by atoms with Crippen molar-refractivity contribution < 1.29 is 8.42 Å². The average Bonchev–Trinajstić information content (AvgIpc) is 2.48. The molecule has 1 aromatic rings. The molecule has 0 amide bonds. The number of nitrogens with two attached hydrogens (primary N) is 1. The molecule has 0 unspecified atom stereocenters. The molecule has 2 N–H and O–H groups in total. The second-order valence-corrected chi connectivity index (χ2v) is 6.73. The van der Waals surface area contributed by atoms with Crippen LogP contribution in [0.25, 0.3) is 6.08 Å². The lowest BCUT2D eigenvalue weighted by molar-refractivity contribution is 0.603. The molecule has 1 aliphatic heterocycles. The minimum absolute atomic E-state index is 0.279. The third-order valence-corrected chi connectivity index (χ3v) is 5.52. The summed E-state index contributed by atoms with van der Waals surface area (Å²) in [5.74, 6) is 1.42. The Labute approximate surface area is 99.6 Å². The van der Waals surface area contributed by atoms with E-state index in [-0.39, 0.29) is 4.90 Å². The van der Waals surface area contributed by atoms with Crippen LogP contribution in [0.3, 0.4) is 0 Å². The Morgan fingerprint density at radius 2 is 2.12 bits per heavy atom. The lowest BCUT2D eigenvalue weighted by Crippen LogP contribution is -2.05. The van der Waals surface area contributed by atoms with Gasteiger partial charge in [0, 0.05) is 5.75 Å². The number of hydrogen-bond donors (Lipinski definition) is 1. The van der Waals surface area contributed by atoms with Crippen LogP contribution in [-0.2, 0) is 9.84 Å². The van der Waals surface area contributed by atoms with Crippen molar-refractivity contribution in [1.82, 2.24) is 0 Å². The van der Waals surface area contributed by atoms with E-state index in [1.54, 1.807) is 36.0 Å². The zero-order valence-electron chi connectivity index (χ0n) is 8.93. The number of anilines is 1. The van der Waals surface area contributed by atoms with E-state index in [1.165, 1.54) is 0 Å². The van der Waals surface area contributed by atoms with Crippen molar-refractivity contribution in [3.05, 3.63) is 28.7 Å². The van der Waals surface area contributed by atoms with Crippen LogP contribution in [0.15, 0.2) is 28.0 Å². The lowest BCUT2D eigenvalue weighted by atomic mass is 10.2. The molecule has 5 heteroatoms. The molecule has 86 valence electrons. The monoisotopic (exact) mass is 255 g/mol. The van der Waals surface area contributed by atoms with Gasteiger partial charge < -0.3 is 5.73 Å². The van der Waals surface area contributed by atoms with Crippen LogP contribution in [0.4, 0.5) is 5.69 Å². The number of thioether (sulfide) groups is 1. The Morgan fingerprint density at radius 3 is 2.75 bits per heavy atom. The molecule has 2 rings (SSSR count). The number of benzene rings is 1. The fraction of sp³-hybridized carbons (Fsp3) is 0.273. The fourth-order valence-electron chi connectivity index (χ4n) is 1.70. The van der Waals surface area contributed by atoms with E-state index in [0.29, 0.717) is 21.9 Å². The van der Waals surface area contributed by atoms with Crippen molar-refractivity contribution in [2.24, 2.45) is 0 Å². The summed E-state index contributed by atoms with van der Waals surface area (Å²) in [7, 11) is -3.33. The normalized spacial score (nSPS) is 16.9. The van der Waals surface area contributed by atoms with Gasteiger partial charge in [0.2, 0.25) is 9.84 Å². The van der Waals surface area contributed by atoms with Crippen LogP contribution in [-0.4, -0.2) is 19.9 Å². The molecule has 0 spiro atoms. The Kier molecular flexibility index (Phi) is 2.99. The van der Waals surface area contributed by atoms with Gasteiger partial charge in [0.05, 0.1) is 10.6 Å². The van der Waals surface area contributed by atoms with Crippen LogP contribution in [0.1, 0.15) is 12.5 Å². The summed E-state index contributed by atoms with van der Waals surface area (Å²) in [4.78, 5) is 0.744. The van der Waals surface area contributed by atoms with Gasteiger partial charge in [-0.25, -0.2) is 8.42 Å². The molecule has 0 fully saturated rings. The molecular weight excluding hydrogens is 242 g/mol. The predicted octanol–water partition coefficient (Wildman–Crippen LogP) is 2.15. The van der Waals surface area contributed by atoms with Crippen molar-refractivity contribution in [1.29, 1.82) is 0 Å². The quantitative estimate of drug-likeness (QED) is 0.841. The van der Waals surface area contributed by atoms with Gasteiger partial charge >= 0.3 is 0 Å². The highest BCUT2D eigenvalue weighted by atomic mass is 32.2. The lowest BCUT2D eigenvalue weighted by Gasteiger charge is -2.05. The van der Waals surface area contributed by atoms with Crippen LogP contribution < -0.4 is 5.73 Å². The summed E-state index contributed by atoms with van der Waals surface area (Å²) >= 11 is 1.60. The zero-order valence-corrected chi connectivity index (χ0v) is 10.6. The smallest absolute Gasteiger partial charge is 0.206 e. The Balaban J connectivity index is 2.48. The number of sulfone groups is 1. The van der Waals surface area contributed by atoms with Gasteiger partial charge in [-0.15, -0.1) is 0 Å². The molecule has 1 aromatic carbocycles. The van der Waals surface area contributed by atoms with E-state index >= 15 is 0 Å². The highest BCUT2D eigenvalue weighted by molar-refractivity contribution is 8.02. The molecule has 3 nitrogen and oxygen atoms in total. The largest absolute Gasteiger partial charge is 0.398 e. The van der Waals surface area contributed by atoms with Crippen LogP contribution in [0.5, 0.6) is 0 Å². The molecule has 0 aromatic heterocycles. The van der Waals surface area contributed by atoms with E-state index in [4.69, 9.17) is 5.73 Å². The molecule has 1 aliphatic rings. The van der Waals surface area contributed by atoms with Crippen LogP contribution >= 0.6 is 11.8 Å². The van der Waals surface area contributed by atoms with Crippen LogP contribution in [0, 0.1) is 0 Å². The summed E-state index contributed by atoms with van der Waals surface area (Å²) in [5, 5.41) is 0. The molecule has 1 heterocycles. The second-order valence-electron chi connectivity index (χ2n) is 3.52. The standard InChI is InChI=1S/C11H13NO2S2/c1-2-15-7-9-6-8-4-3-5-10(12)11(8)16(9,13)14/h3-6H,2,7,12H2,1H3. The first-order valence-corrected chi connectivity index (χ1v) is 7.63. The fourth-order valence-corrected chi connectivity index (χ4v) is 4.42. The van der Waals surface area contributed by atoms with Gasteiger partial charge in [0.15, 0.2) is 0 Å². The van der Waals surface area contributed by atoms with Gasteiger partial charge in [0.25, 0.3) is 0 Å². The molecule has 0 bridgehead atoms. The molecule has 16 heavy (non-hydrogen) atoms. The predicted molar refractivity (Wildman–Crippen MR) is 69.0 cm³/mol. The summed E-state index contributed by atoms with van der Waals surface area (Å²) in [6.07, 6.45) is 1.73. The minimum Gasteiger partial charge on any atom is -0.398 e. The maximum Gasteiger partial charge on any atom is 0.206 e. The van der Waals surface area contributed by atoms with Gasteiger partial charge in [0.1, 0.15) is 4.90 Å². The van der Waals surface area contributed by atoms with E-state index in [1.807, 2.05) is 6.92 Å². The number of nitrogen functional groups attached to an aromatic ring is 1. The average molecular weight is 255 g/mol. The maximum absolute atomic E-state index is 12.1. The van der Waals surface area contributed by atoms with Crippen molar-refractivity contribution in [3.8, 4) is 0 Å². The molecule has 0 atom stereocenters. The third kappa shape index (κ3) is 1.74. The first-order valence-electron chi connectivity index (χ1n) is 4.99. The Morgan fingerprint density at radius 1 is 1.38 bits per heavy atom. The van der Waals surface area contributed by atoms with Crippen molar-refractivity contribution in [2.75, 3.05) is 17.2 Å². The Hall–Kier alpha value is -0.940. The van der Waals surface area contributed by atoms with Crippen molar-refractivity contribution >= 4 is 33.4 Å². The van der Waals surface area contributed by atoms with E-state index in [9.17, 15) is 8.42 Å². The molecule has 0 aliphatic carbocycles. The zero-order chi connectivity index (χ0) is 11.8. The highest BCUT2D eigenvalue weighted by Crippen LogP contribution is 2.37. The summed E-state index contributed by atoms with van der Waals surface area (Å²) < 4.78 is 24.3. The van der Waals surface area contributed by atoms with Gasteiger partial charge in [-0.1, -0.05) is 19.1 Å². The van der Waals surface area contributed by atoms with Gasteiger partial charge in [-0.05, 0) is 23.5 Å². The van der Waals surface area contributed by atoms with Crippen molar-refractivity contribution in [3.63, 3.8) is 0 Å². The summed E-state index contributed by atoms with van der Waals surface area (Å²) in [5.41, 5.74) is 6.77. The summed E-state index contributed by atoms with van der Waals surface area (Å²) in [6.45, 7) is 2.01. The number of rotatable bonds is 3. The highest BCUT2D eigenvalue weighted by Gasteiger charge is 2.30. The minimum atomic E-state index is -3.33. The maximum atomic E-state index is 12.1. The number of fused-ring (bicyclic) bond motifs is 1. The van der Waals surface area contributed by atoms with Crippen molar-refractivity contribution in [2.45, 2.75) is 11.8 Å². The molecule has 0 radical (unpaired) electrons. The first-order chi connectivity index (χ1) is 7.57. The topological polar surface area (TPSA) is 60.2 Å². The molecular formula is C11H13NO2S2. The first kappa shape index (κ1) is 11.5. The van der Waals surface area contributed by atoms with Gasteiger partial charge in [-0.2, -0.15) is 11.8 Å². The SMILES string of the molecule is CCSCC1=Cc2cccc(N)c2S1(=O)=O. The molecule has 0 saturated carbocycles. The molecule has 0 saturated heterocycles. The van der Waals surface area contributed by atoms with Gasteiger partial charge in [-0.3, -0.25) is 0 Å². The second kappa shape index (κ2) is 4.14. The van der Waals surface area contributed by atoms with Crippen LogP contribution in [0.2, 0.25) is 0 Å². The van der Waals surface area contributed by atoms with E-state index in [0.717, 1.165) is 5.75 Å². The van der Waals surface area contributed by atoms with E-state index < -0.39 is 9.84 Å². The Bertz CT molecular complexity index is 547. The third-order valence-electron chi connectivity index (χ3n) is 2.45. The number of hydrogen-bond acceptors (Lipinski definition) is 4. The summed E-state index contributed by atoms with van der Waals surface area (Å²) in [6, 6.07) is 5.18. The van der Waals surface area contributed by atoms with E-state index in [2.05, 4.69) is 0 Å².